The first-order valence-corrected chi connectivity index (χ1v) is 7.05. The van der Waals surface area contributed by atoms with Crippen LogP contribution in [0.4, 0.5) is 0 Å². The fourth-order valence-electron chi connectivity index (χ4n) is 1.83. The molecule has 3 heteroatoms. The fourth-order valence-corrected chi connectivity index (χ4v) is 2.32. The summed E-state index contributed by atoms with van der Waals surface area (Å²) in [7, 11) is 0. The Morgan fingerprint density at radius 3 is 2.93 bits per heavy atom. The van der Waals surface area contributed by atoms with Crippen molar-refractivity contribution in [3.63, 3.8) is 0 Å². The number of thioether (sulfide) groups is 1. The van der Waals surface area contributed by atoms with Gasteiger partial charge in [0.15, 0.2) is 0 Å². The van der Waals surface area contributed by atoms with E-state index in [0.717, 1.165) is 19.1 Å². The maximum Gasteiger partial charge on any atom is 0.0588 e. The molecule has 84 valence electrons. The van der Waals surface area contributed by atoms with Crippen molar-refractivity contribution >= 4 is 11.8 Å². The molecule has 0 radical (unpaired) electrons. The Morgan fingerprint density at radius 1 is 1.43 bits per heavy atom. The summed E-state index contributed by atoms with van der Waals surface area (Å²) in [5.41, 5.74) is 0. The smallest absolute Gasteiger partial charge is 0.0588 e. The number of nitrogens with one attached hydrogen (secondary N) is 1. The van der Waals surface area contributed by atoms with E-state index in [0.29, 0.717) is 6.10 Å². The highest BCUT2D eigenvalue weighted by atomic mass is 32.2. The van der Waals surface area contributed by atoms with Crippen molar-refractivity contribution in [1.82, 2.24) is 5.32 Å². The fraction of sp³-hybridized carbons (Fsp3) is 1.00. The molecule has 0 saturated carbocycles. The Hall–Kier alpha value is 0.270. The first-order chi connectivity index (χ1) is 6.84. The van der Waals surface area contributed by atoms with Crippen LogP contribution in [0.5, 0.6) is 0 Å². The molecular formula is C11H23NOS. The van der Waals surface area contributed by atoms with Gasteiger partial charge in [0, 0.05) is 13.2 Å². The van der Waals surface area contributed by atoms with E-state index >= 15 is 0 Å². The summed E-state index contributed by atoms with van der Waals surface area (Å²) < 4.78 is 5.52. The summed E-state index contributed by atoms with van der Waals surface area (Å²) in [5, 5.41) is 3.53. The Kier molecular flexibility index (Phi) is 6.65. The van der Waals surface area contributed by atoms with Gasteiger partial charge >= 0.3 is 0 Å². The predicted octanol–water partition coefficient (Wildman–Crippen LogP) is 2.14. The van der Waals surface area contributed by atoms with E-state index in [9.17, 15) is 0 Å². The molecule has 0 aromatic heterocycles. The second-order valence-electron chi connectivity index (χ2n) is 4.03. The largest absolute Gasteiger partial charge is 0.378 e. The SMILES string of the molecule is CSCCCCNCC1CCOC1C. The van der Waals surface area contributed by atoms with Gasteiger partial charge in [0.1, 0.15) is 0 Å². The van der Waals surface area contributed by atoms with Gasteiger partial charge < -0.3 is 10.1 Å². The van der Waals surface area contributed by atoms with Crippen molar-refractivity contribution in [2.75, 3.05) is 31.7 Å². The average Bonchev–Trinajstić information content (AvgIpc) is 2.58. The second kappa shape index (κ2) is 7.55. The van der Waals surface area contributed by atoms with Gasteiger partial charge in [-0.25, -0.2) is 0 Å². The highest BCUT2D eigenvalue weighted by molar-refractivity contribution is 7.98. The molecule has 1 aliphatic heterocycles. The van der Waals surface area contributed by atoms with E-state index in [1.54, 1.807) is 0 Å². The Labute approximate surface area is 92.2 Å². The van der Waals surface area contributed by atoms with Crippen molar-refractivity contribution < 1.29 is 4.74 Å². The molecule has 0 aliphatic carbocycles. The van der Waals surface area contributed by atoms with E-state index < -0.39 is 0 Å². The number of ether oxygens (including phenoxy) is 1. The van der Waals surface area contributed by atoms with Gasteiger partial charge in [-0.1, -0.05) is 0 Å². The zero-order valence-electron chi connectivity index (χ0n) is 9.42. The molecular weight excluding hydrogens is 194 g/mol. The number of unbranched alkanes of at least 4 members (excludes halogenated alkanes) is 1. The first kappa shape index (κ1) is 12.3. The van der Waals surface area contributed by atoms with E-state index in [4.69, 9.17) is 4.74 Å². The molecule has 1 aliphatic rings. The molecule has 1 saturated heterocycles. The van der Waals surface area contributed by atoms with Crippen LogP contribution in [0.1, 0.15) is 26.2 Å². The molecule has 1 fully saturated rings. The van der Waals surface area contributed by atoms with Gasteiger partial charge in [-0.15, -0.1) is 0 Å². The maximum atomic E-state index is 5.52. The lowest BCUT2D eigenvalue weighted by Crippen LogP contribution is -2.27. The molecule has 0 aromatic rings. The quantitative estimate of drug-likeness (QED) is 0.660. The number of rotatable bonds is 7. The average molecular weight is 217 g/mol. The highest BCUT2D eigenvalue weighted by Crippen LogP contribution is 2.19. The Bertz CT molecular complexity index is 143. The third-order valence-electron chi connectivity index (χ3n) is 2.89. The van der Waals surface area contributed by atoms with Crippen LogP contribution in [0, 0.1) is 5.92 Å². The van der Waals surface area contributed by atoms with Crippen LogP contribution in [0.2, 0.25) is 0 Å². The Morgan fingerprint density at radius 2 is 2.29 bits per heavy atom. The summed E-state index contributed by atoms with van der Waals surface area (Å²) in [6.45, 7) is 5.46. The highest BCUT2D eigenvalue weighted by Gasteiger charge is 2.23. The predicted molar refractivity (Wildman–Crippen MR) is 64.0 cm³/mol. The van der Waals surface area contributed by atoms with Crippen LogP contribution in [0.25, 0.3) is 0 Å². The minimum atomic E-state index is 0.466. The summed E-state index contributed by atoms with van der Waals surface area (Å²) in [5.74, 6) is 2.04. The number of hydrogen-bond donors (Lipinski definition) is 1. The van der Waals surface area contributed by atoms with Gasteiger partial charge in [0.25, 0.3) is 0 Å². The van der Waals surface area contributed by atoms with Crippen LogP contribution >= 0.6 is 11.8 Å². The summed E-state index contributed by atoms with van der Waals surface area (Å²) in [6.07, 6.45) is 6.52. The molecule has 14 heavy (non-hydrogen) atoms. The second-order valence-corrected chi connectivity index (χ2v) is 5.01. The standard InChI is InChI=1S/C11H23NOS/c1-10-11(5-7-13-10)9-12-6-3-4-8-14-2/h10-12H,3-9H2,1-2H3. The van der Waals surface area contributed by atoms with E-state index in [1.807, 2.05) is 11.8 Å². The molecule has 2 atom stereocenters. The first-order valence-electron chi connectivity index (χ1n) is 5.66. The minimum absolute atomic E-state index is 0.466. The van der Waals surface area contributed by atoms with Gasteiger partial charge in [0.05, 0.1) is 6.10 Å². The van der Waals surface area contributed by atoms with Crippen LogP contribution in [0.3, 0.4) is 0 Å². The Balaban J connectivity index is 1.88. The van der Waals surface area contributed by atoms with Gasteiger partial charge in [0.2, 0.25) is 0 Å². The third kappa shape index (κ3) is 4.67. The maximum absolute atomic E-state index is 5.52. The van der Waals surface area contributed by atoms with Crippen LogP contribution in [-0.2, 0) is 4.74 Å². The van der Waals surface area contributed by atoms with Crippen molar-refractivity contribution in [1.29, 1.82) is 0 Å². The van der Waals surface area contributed by atoms with E-state index in [1.165, 1.54) is 31.6 Å². The molecule has 0 bridgehead atoms. The molecule has 0 amide bonds. The van der Waals surface area contributed by atoms with Crippen LogP contribution in [-0.4, -0.2) is 37.8 Å². The lowest BCUT2D eigenvalue weighted by molar-refractivity contribution is 0.105. The topological polar surface area (TPSA) is 21.3 Å². The zero-order valence-corrected chi connectivity index (χ0v) is 10.2. The molecule has 1 heterocycles. The van der Waals surface area contributed by atoms with Crippen molar-refractivity contribution in [2.24, 2.45) is 5.92 Å². The van der Waals surface area contributed by atoms with Crippen LogP contribution in [0.15, 0.2) is 0 Å². The summed E-state index contributed by atoms with van der Waals surface area (Å²) in [4.78, 5) is 0. The lowest BCUT2D eigenvalue weighted by atomic mass is 10.0. The molecule has 1 N–H and O–H groups in total. The van der Waals surface area contributed by atoms with Gasteiger partial charge in [-0.3, -0.25) is 0 Å². The molecule has 2 unspecified atom stereocenters. The molecule has 1 rings (SSSR count). The lowest BCUT2D eigenvalue weighted by Gasteiger charge is -2.14. The van der Waals surface area contributed by atoms with Gasteiger partial charge in [-0.05, 0) is 50.7 Å². The molecule has 0 aromatic carbocycles. The summed E-state index contributed by atoms with van der Waals surface area (Å²) >= 11 is 1.94. The van der Waals surface area contributed by atoms with E-state index in [-0.39, 0.29) is 0 Å². The van der Waals surface area contributed by atoms with Crippen LogP contribution < -0.4 is 5.32 Å². The zero-order chi connectivity index (χ0) is 10.2. The van der Waals surface area contributed by atoms with Crippen molar-refractivity contribution in [3.05, 3.63) is 0 Å². The van der Waals surface area contributed by atoms with Crippen molar-refractivity contribution in [2.45, 2.75) is 32.3 Å². The van der Waals surface area contributed by atoms with Gasteiger partial charge in [-0.2, -0.15) is 11.8 Å². The third-order valence-corrected chi connectivity index (χ3v) is 3.59. The molecule has 2 nitrogen and oxygen atoms in total. The normalized spacial score (nSPS) is 27.0. The minimum Gasteiger partial charge on any atom is -0.378 e. The monoisotopic (exact) mass is 217 g/mol. The van der Waals surface area contributed by atoms with E-state index in [2.05, 4.69) is 18.5 Å². The molecule has 0 spiro atoms. The summed E-state index contributed by atoms with van der Waals surface area (Å²) in [6, 6.07) is 0. The van der Waals surface area contributed by atoms with Crippen molar-refractivity contribution in [3.8, 4) is 0 Å². The number of hydrogen-bond acceptors (Lipinski definition) is 3.